The van der Waals surface area contributed by atoms with E-state index in [4.69, 9.17) is 4.43 Å². The second-order valence-electron chi connectivity index (χ2n) is 9.01. The predicted molar refractivity (Wildman–Crippen MR) is 137 cm³/mol. The molecule has 0 saturated heterocycles. The van der Waals surface area contributed by atoms with E-state index >= 15 is 0 Å². The zero-order valence-electron chi connectivity index (χ0n) is 19.5. The summed E-state index contributed by atoms with van der Waals surface area (Å²) in [5.41, 5.74) is 4.02. The van der Waals surface area contributed by atoms with Crippen molar-refractivity contribution in [2.75, 3.05) is 6.61 Å². The zero-order valence-corrected chi connectivity index (χ0v) is 22.1. The molecule has 166 valence electrons. The molecule has 2 rings (SSSR count). The molecule has 0 aromatic heterocycles. The molecule has 0 fully saturated rings. The summed E-state index contributed by atoms with van der Waals surface area (Å²) < 4.78 is 7.86. The summed E-state index contributed by atoms with van der Waals surface area (Å²) in [6.45, 7) is 17.6. The average Bonchev–Trinajstić information content (AvgIpc) is 2.72. The van der Waals surface area contributed by atoms with E-state index in [-0.39, 0.29) is 6.04 Å². The topological polar surface area (TPSA) is 12.5 Å². The molecule has 0 amide bonds. The summed E-state index contributed by atoms with van der Waals surface area (Å²) >= 11 is 3.66. The Morgan fingerprint density at radius 2 is 1.90 bits per heavy atom. The van der Waals surface area contributed by atoms with Crippen LogP contribution in [-0.2, 0) is 11.0 Å². The third kappa shape index (κ3) is 6.45. The van der Waals surface area contributed by atoms with Crippen molar-refractivity contribution in [3.63, 3.8) is 0 Å². The number of rotatable bonds is 12. The Morgan fingerprint density at radius 1 is 1.20 bits per heavy atom. The monoisotopic (exact) mass is 489 g/mol. The van der Waals surface area contributed by atoms with Crippen LogP contribution in [0.25, 0.3) is 0 Å². The van der Waals surface area contributed by atoms with Gasteiger partial charge >= 0.3 is 0 Å². The van der Waals surface area contributed by atoms with Crippen LogP contribution in [0.2, 0.25) is 17.1 Å². The lowest BCUT2D eigenvalue weighted by molar-refractivity contribution is 0.278. The van der Waals surface area contributed by atoms with Crippen molar-refractivity contribution in [1.29, 1.82) is 0 Å². The summed E-state index contributed by atoms with van der Waals surface area (Å²) in [4.78, 5) is 2.34. The molecule has 30 heavy (non-hydrogen) atoms. The van der Waals surface area contributed by atoms with Crippen LogP contribution in [0.1, 0.15) is 59.4 Å². The second kappa shape index (κ2) is 12.1. The predicted octanol–water partition coefficient (Wildman–Crippen LogP) is 8.23. The quantitative estimate of drug-likeness (QED) is 0.166. The van der Waals surface area contributed by atoms with E-state index in [0.29, 0.717) is 11.1 Å². The summed E-state index contributed by atoms with van der Waals surface area (Å²) in [5, 5.41) is 0. The molecule has 0 spiro atoms. The lowest BCUT2D eigenvalue weighted by Gasteiger charge is -2.38. The van der Waals surface area contributed by atoms with E-state index < -0.39 is 8.32 Å². The van der Waals surface area contributed by atoms with Gasteiger partial charge in [-0.25, -0.2) is 0 Å². The highest BCUT2D eigenvalue weighted by Gasteiger charge is 2.40. The van der Waals surface area contributed by atoms with Crippen molar-refractivity contribution in [3.8, 4) is 0 Å². The average molecular weight is 491 g/mol. The molecule has 0 N–H and O–H groups in total. The Bertz CT molecular complexity index is 732. The third-order valence-corrected chi connectivity index (χ3v) is 13.1. The molecule has 0 bridgehead atoms. The van der Waals surface area contributed by atoms with Gasteiger partial charge < -0.3 is 9.33 Å². The van der Waals surface area contributed by atoms with E-state index in [2.05, 4.69) is 105 Å². The largest absolute Gasteiger partial charge is 0.416 e. The molecular formula is C26H40BrNOSi. The van der Waals surface area contributed by atoms with Crippen LogP contribution in [0.15, 0.2) is 65.3 Å². The van der Waals surface area contributed by atoms with Gasteiger partial charge in [0.1, 0.15) is 0 Å². The molecule has 1 aliphatic rings. The Kier molecular flexibility index (Phi) is 10.1. The summed E-state index contributed by atoms with van der Waals surface area (Å²) in [6.07, 6.45) is 12.3. The summed E-state index contributed by atoms with van der Waals surface area (Å²) in [5.74, 6) is 0. The Morgan fingerprint density at radius 3 is 2.50 bits per heavy atom. The van der Waals surface area contributed by atoms with Crippen LogP contribution in [0.4, 0.5) is 0 Å². The van der Waals surface area contributed by atoms with Gasteiger partial charge in [-0.1, -0.05) is 87.3 Å². The van der Waals surface area contributed by atoms with Crippen LogP contribution >= 0.6 is 15.9 Å². The molecule has 1 aromatic carbocycles. The number of allylic oxidation sites excluding steroid dienone is 2. The molecule has 0 saturated carbocycles. The van der Waals surface area contributed by atoms with E-state index in [9.17, 15) is 0 Å². The van der Waals surface area contributed by atoms with Gasteiger partial charge in [0, 0.05) is 23.8 Å². The summed E-state index contributed by atoms with van der Waals surface area (Å²) in [7, 11) is -1.68. The van der Waals surface area contributed by atoms with E-state index in [0.717, 1.165) is 30.5 Å². The summed E-state index contributed by atoms with van der Waals surface area (Å²) in [6, 6.07) is 9.93. The fraction of sp³-hybridized carbons (Fsp3) is 0.538. The van der Waals surface area contributed by atoms with Crippen molar-refractivity contribution in [1.82, 2.24) is 4.90 Å². The minimum Gasteiger partial charge on any atom is -0.416 e. The van der Waals surface area contributed by atoms with Crippen LogP contribution in [0.5, 0.6) is 0 Å². The first-order chi connectivity index (χ1) is 14.3. The fourth-order valence-corrected chi connectivity index (χ4v) is 9.61. The first-order valence-electron chi connectivity index (χ1n) is 11.5. The van der Waals surface area contributed by atoms with Gasteiger partial charge in [-0.15, -0.1) is 6.58 Å². The van der Waals surface area contributed by atoms with Gasteiger partial charge in [0.15, 0.2) is 8.32 Å². The van der Waals surface area contributed by atoms with Gasteiger partial charge in [-0.05, 0) is 53.2 Å². The highest BCUT2D eigenvalue weighted by molar-refractivity contribution is 9.10. The Labute approximate surface area is 194 Å². The van der Waals surface area contributed by atoms with Gasteiger partial charge in [-0.3, -0.25) is 0 Å². The molecule has 2 nitrogen and oxygen atoms in total. The van der Waals surface area contributed by atoms with E-state index in [1.54, 1.807) is 0 Å². The molecular weight excluding hydrogens is 450 g/mol. The SMILES string of the molecule is C=CC1C=C(CCCO[Si](CCC)(C(C)C)C(C)C)C=CN1Cc1ccccc1Br. The first-order valence-corrected chi connectivity index (χ1v) is 14.5. The molecule has 1 aromatic rings. The number of hydrogen-bond acceptors (Lipinski definition) is 2. The minimum atomic E-state index is -1.68. The van der Waals surface area contributed by atoms with Crippen LogP contribution in [0.3, 0.4) is 0 Å². The maximum atomic E-state index is 6.70. The normalized spacial score (nSPS) is 17.0. The number of hydrogen-bond donors (Lipinski definition) is 0. The standard InChI is InChI=1S/C26H40BrNOSi/c1-7-18-30(21(3)4,22(5)6)29-17-11-12-23-15-16-28(25(8-2)19-23)20-24-13-9-10-14-26(24)27/h8-10,13-16,19,21-22,25H,2,7,11-12,17-18,20H2,1,3-6H3. The number of halogens is 1. The van der Waals surface area contributed by atoms with Crippen LogP contribution < -0.4 is 0 Å². The fourth-order valence-electron chi connectivity index (χ4n) is 4.59. The number of nitrogens with zero attached hydrogens (tertiary/aromatic N) is 1. The zero-order chi connectivity index (χ0) is 22.1. The molecule has 0 aliphatic carbocycles. The smallest absolute Gasteiger partial charge is 0.197 e. The van der Waals surface area contributed by atoms with Crippen molar-refractivity contribution in [2.24, 2.45) is 0 Å². The Hall–Kier alpha value is -1.10. The maximum absolute atomic E-state index is 6.70. The Balaban J connectivity index is 1.92. The van der Waals surface area contributed by atoms with E-state index in [1.807, 2.05) is 6.08 Å². The van der Waals surface area contributed by atoms with Gasteiger partial charge in [0.05, 0.1) is 6.04 Å². The molecule has 4 heteroatoms. The lowest BCUT2D eigenvalue weighted by Crippen LogP contribution is -2.44. The molecule has 1 atom stereocenters. The van der Waals surface area contributed by atoms with Crippen molar-refractivity contribution >= 4 is 24.2 Å². The van der Waals surface area contributed by atoms with Crippen LogP contribution in [-0.4, -0.2) is 25.9 Å². The molecule has 0 radical (unpaired) electrons. The van der Waals surface area contributed by atoms with Gasteiger partial charge in [0.25, 0.3) is 0 Å². The van der Waals surface area contributed by atoms with Gasteiger partial charge in [-0.2, -0.15) is 0 Å². The second-order valence-corrected chi connectivity index (χ2v) is 14.9. The first kappa shape index (κ1) is 25.2. The maximum Gasteiger partial charge on any atom is 0.197 e. The van der Waals surface area contributed by atoms with Crippen molar-refractivity contribution < 1.29 is 4.43 Å². The number of benzene rings is 1. The third-order valence-electron chi connectivity index (χ3n) is 6.38. The molecule has 1 heterocycles. The van der Waals surface area contributed by atoms with E-state index in [1.165, 1.54) is 23.6 Å². The molecule has 1 unspecified atom stereocenters. The van der Waals surface area contributed by atoms with Crippen LogP contribution in [0, 0.1) is 0 Å². The lowest BCUT2D eigenvalue weighted by atomic mass is 10.0. The van der Waals surface area contributed by atoms with Crippen molar-refractivity contribution in [3.05, 3.63) is 70.9 Å². The highest BCUT2D eigenvalue weighted by Crippen LogP contribution is 2.38. The highest BCUT2D eigenvalue weighted by atomic mass is 79.9. The van der Waals surface area contributed by atoms with Gasteiger partial charge in [0.2, 0.25) is 0 Å². The van der Waals surface area contributed by atoms with Crippen molar-refractivity contribution in [2.45, 2.75) is 83.6 Å². The molecule has 1 aliphatic heterocycles. The minimum absolute atomic E-state index is 0.234.